The van der Waals surface area contributed by atoms with Crippen molar-refractivity contribution >= 4 is 23.0 Å². The van der Waals surface area contributed by atoms with Gasteiger partial charge in [0.1, 0.15) is 0 Å². The van der Waals surface area contributed by atoms with E-state index in [4.69, 9.17) is 11.6 Å². The number of anilines is 1. The minimum atomic E-state index is -0.364. The molecule has 122 valence electrons. The molecule has 3 atom stereocenters. The number of nitrogens with one attached hydrogen (secondary N) is 1. The Labute approximate surface area is 145 Å². The number of nitro groups is 1. The number of non-ortho nitro benzene ring substituents is 1. The van der Waals surface area contributed by atoms with Gasteiger partial charge in [0, 0.05) is 34.3 Å². The van der Waals surface area contributed by atoms with Crippen molar-refractivity contribution in [1.82, 2.24) is 0 Å². The molecule has 2 aromatic rings. The fraction of sp³-hybridized carbons (Fsp3) is 0.263. The van der Waals surface area contributed by atoms with Crippen LogP contribution >= 0.6 is 11.6 Å². The number of halogens is 1. The average molecular weight is 341 g/mol. The van der Waals surface area contributed by atoms with Gasteiger partial charge in [0.25, 0.3) is 5.69 Å². The van der Waals surface area contributed by atoms with Crippen molar-refractivity contribution in [2.45, 2.75) is 25.3 Å². The topological polar surface area (TPSA) is 55.2 Å². The Balaban J connectivity index is 1.78. The van der Waals surface area contributed by atoms with Crippen LogP contribution in [0.5, 0.6) is 0 Å². The third-order valence-corrected chi connectivity index (χ3v) is 5.47. The Morgan fingerprint density at radius 3 is 2.67 bits per heavy atom. The Hall–Kier alpha value is -2.33. The number of hydrogen-bond donors (Lipinski definition) is 1. The highest BCUT2D eigenvalue weighted by Gasteiger charge is 2.39. The molecule has 1 heterocycles. The zero-order valence-corrected chi connectivity index (χ0v) is 14.0. The monoisotopic (exact) mass is 340 g/mol. The van der Waals surface area contributed by atoms with Gasteiger partial charge < -0.3 is 5.32 Å². The molecular weight excluding hydrogens is 324 g/mol. The fourth-order valence-corrected chi connectivity index (χ4v) is 4.23. The molecule has 5 heteroatoms. The molecule has 0 bridgehead atoms. The zero-order chi connectivity index (χ0) is 16.8. The van der Waals surface area contributed by atoms with Crippen LogP contribution in [0.1, 0.15) is 35.1 Å². The number of hydrogen-bond acceptors (Lipinski definition) is 3. The minimum Gasteiger partial charge on any atom is -0.377 e. The van der Waals surface area contributed by atoms with Gasteiger partial charge in [-0.25, -0.2) is 0 Å². The van der Waals surface area contributed by atoms with Crippen molar-refractivity contribution in [3.05, 3.63) is 80.4 Å². The summed E-state index contributed by atoms with van der Waals surface area (Å²) in [6.07, 6.45) is 5.43. The Kier molecular flexibility index (Phi) is 3.57. The predicted molar refractivity (Wildman–Crippen MR) is 95.6 cm³/mol. The van der Waals surface area contributed by atoms with Crippen molar-refractivity contribution in [1.29, 1.82) is 0 Å². The van der Waals surface area contributed by atoms with Gasteiger partial charge in [-0.05, 0) is 36.5 Å². The van der Waals surface area contributed by atoms with Crippen molar-refractivity contribution in [2.24, 2.45) is 5.92 Å². The molecule has 0 radical (unpaired) electrons. The van der Waals surface area contributed by atoms with Crippen molar-refractivity contribution in [3.63, 3.8) is 0 Å². The van der Waals surface area contributed by atoms with E-state index in [1.165, 1.54) is 11.1 Å². The van der Waals surface area contributed by atoms with E-state index in [0.29, 0.717) is 5.92 Å². The lowest BCUT2D eigenvalue weighted by Crippen LogP contribution is -2.29. The van der Waals surface area contributed by atoms with E-state index >= 15 is 0 Å². The summed E-state index contributed by atoms with van der Waals surface area (Å²) in [5.41, 5.74) is 4.63. The molecule has 4 rings (SSSR count). The number of allylic oxidation sites excluding steroid dienone is 2. The molecule has 1 aliphatic heterocycles. The summed E-state index contributed by atoms with van der Waals surface area (Å²) in [5, 5.41) is 15.3. The number of rotatable bonds is 2. The van der Waals surface area contributed by atoms with Gasteiger partial charge in [-0.2, -0.15) is 0 Å². The number of benzene rings is 2. The quantitative estimate of drug-likeness (QED) is 0.453. The summed E-state index contributed by atoms with van der Waals surface area (Å²) < 4.78 is 0. The average Bonchev–Trinajstić information content (AvgIpc) is 3.07. The molecule has 0 amide bonds. The molecule has 0 spiro atoms. The van der Waals surface area contributed by atoms with E-state index in [-0.39, 0.29) is 22.6 Å². The van der Waals surface area contributed by atoms with Crippen molar-refractivity contribution in [3.8, 4) is 0 Å². The maximum atomic E-state index is 10.9. The van der Waals surface area contributed by atoms with Gasteiger partial charge >= 0.3 is 0 Å². The minimum absolute atomic E-state index is 0.121. The van der Waals surface area contributed by atoms with Gasteiger partial charge in [-0.1, -0.05) is 42.0 Å². The zero-order valence-electron chi connectivity index (χ0n) is 13.2. The molecule has 0 fully saturated rings. The first kappa shape index (κ1) is 15.2. The first-order chi connectivity index (χ1) is 11.6. The molecule has 0 saturated carbocycles. The van der Waals surface area contributed by atoms with Crippen molar-refractivity contribution < 1.29 is 4.92 Å². The Morgan fingerprint density at radius 1 is 1.21 bits per heavy atom. The second kappa shape index (κ2) is 5.64. The molecule has 24 heavy (non-hydrogen) atoms. The molecule has 3 unspecified atom stereocenters. The molecule has 1 aliphatic carbocycles. The summed E-state index contributed by atoms with van der Waals surface area (Å²) in [6.45, 7) is 2.08. The van der Waals surface area contributed by atoms with E-state index in [0.717, 1.165) is 22.7 Å². The second-order valence-electron chi connectivity index (χ2n) is 6.48. The summed E-state index contributed by atoms with van der Waals surface area (Å²) in [7, 11) is 0. The predicted octanol–water partition coefficient (Wildman–Crippen LogP) is 5.38. The molecular formula is C19H17ClN2O2. The maximum Gasteiger partial charge on any atom is 0.269 e. The van der Waals surface area contributed by atoms with Gasteiger partial charge in [0.15, 0.2) is 0 Å². The summed E-state index contributed by atoms with van der Waals surface area (Å²) in [6, 6.07) is 11.0. The standard InChI is InChI=1S/C19H17ClN2O2/c1-11-5-10-16(20)17-14-3-2-4-15(14)19(21-18(11)17)12-6-8-13(9-7-12)22(23)24/h2-3,5-10,14-15,19,21H,4H2,1H3. The van der Waals surface area contributed by atoms with Crippen LogP contribution in [-0.4, -0.2) is 4.92 Å². The van der Waals surface area contributed by atoms with E-state index in [1.54, 1.807) is 12.1 Å². The summed E-state index contributed by atoms with van der Waals surface area (Å²) >= 11 is 6.48. The first-order valence-electron chi connectivity index (χ1n) is 8.03. The number of nitrogens with zero attached hydrogens (tertiary/aromatic N) is 1. The van der Waals surface area contributed by atoms with Gasteiger partial charge in [-0.15, -0.1) is 0 Å². The van der Waals surface area contributed by atoms with Crippen LogP contribution in [0.2, 0.25) is 5.02 Å². The Bertz CT molecular complexity index is 845. The smallest absolute Gasteiger partial charge is 0.269 e. The molecule has 2 aromatic carbocycles. The Morgan fingerprint density at radius 2 is 1.96 bits per heavy atom. The number of nitro benzene ring substituents is 1. The normalized spacial score (nSPS) is 24.2. The number of aryl methyl sites for hydroxylation is 1. The fourth-order valence-electron chi connectivity index (χ4n) is 3.94. The van der Waals surface area contributed by atoms with Crippen LogP contribution in [0, 0.1) is 23.0 Å². The molecule has 2 aliphatic rings. The third-order valence-electron chi connectivity index (χ3n) is 5.14. The van der Waals surface area contributed by atoms with Crippen LogP contribution in [0.3, 0.4) is 0 Å². The largest absolute Gasteiger partial charge is 0.377 e. The molecule has 0 saturated heterocycles. The van der Waals surface area contributed by atoms with Gasteiger partial charge in [0.2, 0.25) is 0 Å². The van der Waals surface area contributed by atoms with E-state index < -0.39 is 0 Å². The lowest BCUT2D eigenvalue weighted by Gasteiger charge is -2.38. The van der Waals surface area contributed by atoms with Gasteiger partial charge in [-0.3, -0.25) is 10.1 Å². The first-order valence-corrected chi connectivity index (χ1v) is 8.40. The van der Waals surface area contributed by atoms with Crippen LogP contribution in [0.4, 0.5) is 11.4 Å². The highest BCUT2D eigenvalue weighted by molar-refractivity contribution is 6.32. The number of fused-ring (bicyclic) bond motifs is 3. The lowest BCUT2D eigenvalue weighted by atomic mass is 9.76. The van der Waals surface area contributed by atoms with E-state index in [1.807, 2.05) is 24.3 Å². The molecule has 4 nitrogen and oxygen atoms in total. The van der Waals surface area contributed by atoms with E-state index in [9.17, 15) is 10.1 Å². The van der Waals surface area contributed by atoms with Gasteiger partial charge in [0.05, 0.1) is 11.0 Å². The maximum absolute atomic E-state index is 10.9. The van der Waals surface area contributed by atoms with Crippen LogP contribution < -0.4 is 5.32 Å². The third kappa shape index (κ3) is 2.29. The van der Waals surface area contributed by atoms with Crippen LogP contribution in [-0.2, 0) is 0 Å². The van der Waals surface area contributed by atoms with Crippen molar-refractivity contribution in [2.75, 3.05) is 5.32 Å². The SMILES string of the molecule is Cc1ccc(Cl)c2c1NC(c1ccc([N+](=O)[O-])cc1)C1CC=CC21. The second-order valence-corrected chi connectivity index (χ2v) is 6.88. The summed E-state index contributed by atoms with van der Waals surface area (Å²) in [4.78, 5) is 10.5. The highest BCUT2D eigenvalue weighted by atomic mass is 35.5. The highest BCUT2D eigenvalue weighted by Crippen LogP contribution is 2.52. The lowest BCUT2D eigenvalue weighted by molar-refractivity contribution is -0.384. The summed E-state index contributed by atoms with van der Waals surface area (Å²) in [5.74, 6) is 0.659. The molecule has 1 N–H and O–H groups in total. The van der Waals surface area contributed by atoms with Crippen LogP contribution in [0.15, 0.2) is 48.6 Å². The molecule has 0 aromatic heterocycles. The van der Waals surface area contributed by atoms with E-state index in [2.05, 4.69) is 24.4 Å². The van der Waals surface area contributed by atoms with Crippen LogP contribution in [0.25, 0.3) is 0 Å².